The average molecular weight is 278 g/mol. The van der Waals surface area contributed by atoms with Crippen molar-refractivity contribution in [2.24, 2.45) is 0 Å². The zero-order valence-electron chi connectivity index (χ0n) is 12.5. The summed E-state index contributed by atoms with van der Waals surface area (Å²) in [5.41, 5.74) is 7.31. The van der Waals surface area contributed by atoms with Gasteiger partial charge in [-0.25, -0.2) is 9.97 Å². The lowest BCUT2D eigenvalue weighted by atomic mass is 10.3. The topological polar surface area (TPSA) is 82.1 Å². The number of nitrogens with zero attached hydrogens (tertiary/aromatic N) is 5. The van der Waals surface area contributed by atoms with Crippen LogP contribution in [-0.4, -0.2) is 51.2 Å². The van der Waals surface area contributed by atoms with Crippen LogP contribution in [0.1, 0.15) is 20.3 Å². The summed E-state index contributed by atoms with van der Waals surface area (Å²) >= 11 is 0. The van der Waals surface area contributed by atoms with Gasteiger partial charge < -0.3 is 15.4 Å². The van der Waals surface area contributed by atoms with Crippen molar-refractivity contribution in [3.05, 3.63) is 6.33 Å². The van der Waals surface area contributed by atoms with E-state index in [1.807, 2.05) is 4.57 Å². The van der Waals surface area contributed by atoms with Gasteiger partial charge in [-0.05, 0) is 33.9 Å². The van der Waals surface area contributed by atoms with Crippen LogP contribution in [0, 0.1) is 0 Å². The van der Waals surface area contributed by atoms with Gasteiger partial charge in [0.25, 0.3) is 0 Å². The van der Waals surface area contributed by atoms with E-state index in [-0.39, 0.29) is 0 Å². The molecule has 2 aromatic heterocycles. The largest absolute Gasteiger partial charge is 0.479 e. The van der Waals surface area contributed by atoms with E-state index in [4.69, 9.17) is 10.5 Å². The molecule has 2 heterocycles. The van der Waals surface area contributed by atoms with Crippen LogP contribution in [0.3, 0.4) is 0 Å². The molecule has 0 aromatic carbocycles. The highest BCUT2D eigenvalue weighted by molar-refractivity contribution is 5.78. The van der Waals surface area contributed by atoms with Crippen molar-refractivity contribution >= 4 is 17.1 Å². The zero-order valence-corrected chi connectivity index (χ0v) is 12.5. The Morgan fingerprint density at radius 3 is 2.80 bits per heavy atom. The number of nitrogens with two attached hydrogens (primary N) is 1. The molecule has 0 saturated carbocycles. The van der Waals surface area contributed by atoms with Crippen LogP contribution in [0.15, 0.2) is 6.33 Å². The normalized spacial score (nSPS) is 11.7. The summed E-state index contributed by atoms with van der Waals surface area (Å²) in [7, 11) is 3.68. The lowest BCUT2D eigenvalue weighted by Crippen LogP contribution is -2.28. The number of fused-ring (bicyclic) bond motifs is 1. The number of ether oxygens (including phenoxy) is 1. The van der Waals surface area contributed by atoms with E-state index < -0.39 is 0 Å². The van der Waals surface area contributed by atoms with Gasteiger partial charge >= 0.3 is 0 Å². The fraction of sp³-hybridized carbons (Fsp3) is 0.615. The maximum atomic E-state index is 5.97. The highest BCUT2D eigenvalue weighted by atomic mass is 16.5. The fourth-order valence-corrected chi connectivity index (χ4v) is 2.04. The summed E-state index contributed by atoms with van der Waals surface area (Å²) in [6.07, 6.45) is 2.45. The van der Waals surface area contributed by atoms with Gasteiger partial charge in [-0.3, -0.25) is 4.57 Å². The van der Waals surface area contributed by atoms with Crippen molar-refractivity contribution in [3.8, 4) is 5.88 Å². The summed E-state index contributed by atoms with van der Waals surface area (Å²) in [6, 6.07) is 0.536. The molecule has 0 aliphatic heterocycles. The first kappa shape index (κ1) is 14.5. The number of methoxy groups -OCH3 is 1. The number of rotatable bonds is 6. The van der Waals surface area contributed by atoms with Crippen LogP contribution in [0.5, 0.6) is 5.88 Å². The summed E-state index contributed by atoms with van der Waals surface area (Å²) in [5, 5.41) is 0. The first-order chi connectivity index (χ1) is 9.54. The highest BCUT2D eigenvalue weighted by Gasteiger charge is 2.14. The van der Waals surface area contributed by atoms with E-state index in [9.17, 15) is 0 Å². The molecule has 2 aromatic rings. The first-order valence-corrected chi connectivity index (χ1v) is 6.75. The van der Waals surface area contributed by atoms with Crippen molar-refractivity contribution in [1.29, 1.82) is 0 Å². The molecule has 0 atom stereocenters. The molecule has 2 rings (SSSR count). The second-order valence-electron chi connectivity index (χ2n) is 5.10. The standard InChI is InChI=1S/C13H22N6O/c1-9(2)18(3)6-5-7-19-11-10(17-13(19)14)12(20-4)16-8-15-11/h8-9H,5-7H2,1-4H3,(H2,14,17). The summed E-state index contributed by atoms with van der Waals surface area (Å²) in [6.45, 7) is 6.14. The van der Waals surface area contributed by atoms with Crippen LogP contribution in [-0.2, 0) is 6.54 Å². The second kappa shape index (κ2) is 6.04. The van der Waals surface area contributed by atoms with Crippen molar-refractivity contribution in [1.82, 2.24) is 24.4 Å². The third kappa shape index (κ3) is 2.82. The van der Waals surface area contributed by atoms with E-state index in [2.05, 4.69) is 40.7 Å². The Labute approximate surface area is 118 Å². The van der Waals surface area contributed by atoms with Gasteiger partial charge in [0.15, 0.2) is 11.2 Å². The van der Waals surface area contributed by atoms with Crippen LogP contribution in [0.2, 0.25) is 0 Å². The second-order valence-corrected chi connectivity index (χ2v) is 5.10. The number of nitrogen functional groups attached to an aromatic ring is 1. The summed E-state index contributed by atoms with van der Waals surface area (Å²) in [5.74, 6) is 0.908. The van der Waals surface area contributed by atoms with Crippen molar-refractivity contribution in [2.75, 3.05) is 26.4 Å². The first-order valence-electron chi connectivity index (χ1n) is 6.75. The molecular formula is C13H22N6O. The molecule has 0 amide bonds. The van der Waals surface area contributed by atoms with Gasteiger partial charge in [-0.2, -0.15) is 4.98 Å². The number of aryl methyl sites for hydroxylation is 1. The van der Waals surface area contributed by atoms with E-state index >= 15 is 0 Å². The van der Waals surface area contributed by atoms with Crippen LogP contribution < -0.4 is 10.5 Å². The molecule has 0 saturated heterocycles. The van der Waals surface area contributed by atoms with Gasteiger partial charge in [-0.15, -0.1) is 0 Å². The number of hydrogen-bond donors (Lipinski definition) is 1. The van der Waals surface area contributed by atoms with E-state index in [1.54, 1.807) is 7.11 Å². The van der Waals surface area contributed by atoms with E-state index in [1.165, 1.54) is 6.33 Å². The molecule has 110 valence electrons. The number of anilines is 1. The van der Waals surface area contributed by atoms with Crippen LogP contribution in [0.25, 0.3) is 11.2 Å². The average Bonchev–Trinajstić information content (AvgIpc) is 2.74. The molecule has 0 radical (unpaired) electrons. The van der Waals surface area contributed by atoms with E-state index in [0.29, 0.717) is 23.4 Å². The quantitative estimate of drug-likeness (QED) is 0.853. The Balaban J connectivity index is 2.16. The number of aromatic nitrogens is 4. The Kier molecular flexibility index (Phi) is 4.39. The minimum absolute atomic E-state index is 0.450. The van der Waals surface area contributed by atoms with Gasteiger partial charge in [-0.1, -0.05) is 0 Å². The predicted molar refractivity (Wildman–Crippen MR) is 78.7 cm³/mol. The Morgan fingerprint density at radius 1 is 1.40 bits per heavy atom. The van der Waals surface area contributed by atoms with Crippen LogP contribution in [0.4, 0.5) is 5.95 Å². The summed E-state index contributed by atoms with van der Waals surface area (Å²) < 4.78 is 7.09. The van der Waals surface area contributed by atoms with Crippen molar-refractivity contribution in [2.45, 2.75) is 32.9 Å². The molecule has 20 heavy (non-hydrogen) atoms. The molecule has 7 heteroatoms. The van der Waals surface area contributed by atoms with Gasteiger partial charge in [0.05, 0.1) is 7.11 Å². The zero-order chi connectivity index (χ0) is 14.7. The summed E-state index contributed by atoms with van der Waals surface area (Å²) in [4.78, 5) is 14.9. The molecular weight excluding hydrogens is 256 g/mol. The molecule has 0 aliphatic carbocycles. The minimum atomic E-state index is 0.450. The molecule has 2 N–H and O–H groups in total. The number of hydrogen-bond acceptors (Lipinski definition) is 6. The Bertz CT molecular complexity index is 579. The van der Waals surface area contributed by atoms with Crippen molar-refractivity contribution < 1.29 is 4.74 Å². The van der Waals surface area contributed by atoms with Crippen molar-refractivity contribution in [3.63, 3.8) is 0 Å². The maximum absolute atomic E-state index is 5.97. The third-order valence-corrected chi connectivity index (χ3v) is 3.50. The molecule has 0 spiro atoms. The lowest BCUT2D eigenvalue weighted by Gasteiger charge is -2.20. The Hall–Kier alpha value is -1.89. The van der Waals surface area contributed by atoms with Gasteiger partial charge in [0.2, 0.25) is 11.8 Å². The minimum Gasteiger partial charge on any atom is -0.479 e. The van der Waals surface area contributed by atoms with Gasteiger partial charge in [0, 0.05) is 12.6 Å². The van der Waals surface area contributed by atoms with Gasteiger partial charge in [0.1, 0.15) is 6.33 Å². The highest BCUT2D eigenvalue weighted by Crippen LogP contribution is 2.22. The van der Waals surface area contributed by atoms with Crippen LogP contribution >= 0.6 is 0 Å². The Morgan fingerprint density at radius 2 is 2.15 bits per heavy atom. The monoisotopic (exact) mass is 278 g/mol. The third-order valence-electron chi connectivity index (χ3n) is 3.50. The lowest BCUT2D eigenvalue weighted by molar-refractivity contribution is 0.266. The fourth-order valence-electron chi connectivity index (χ4n) is 2.04. The maximum Gasteiger partial charge on any atom is 0.245 e. The smallest absolute Gasteiger partial charge is 0.245 e. The molecule has 7 nitrogen and oxygen atoms in total. The number of imidazole rings is 1. The molecule has 0 fully saturated rings. The SMILES string of the molecule is COc1ncnc2c1nc(N)n2CCCN(C)C(C)C. The molecule has 0 bridgehead atoms. The van der Waals surface area contributed by atoms with E-state index in [0.717, 1.165) is 25.2 Å². The molecule has 0 aliphatic rings. The predicted octanol–water partition coefficient (Wildman–Crippen LogP) is 1.15. The molecule has 0 unspecified atom stereocenters.